The fraction of sp³-hybridized carbons (Fsp3) is 0.571. The number of nitriles is 1. The molecule has 1 aliphatic heterocycles. The van der Waals surface area contributed by atoms with Crippen LogP contribution in [0, 0.1) is 17.2 Å². The number of rotatable bonds is 7. The number of carbonyl (C=O) groups excluding carboxylic acids is 2. The molecule has 6 nitrogen and oxygen atoms in total. The second-order valence-corrected chi connectivity index (χ2v) is 7.39. The van der Waals surface area contributed by atoms with E-state index in [0.717, 1.165) is 12.8 Å². The van der Waals surface area contributed by atoms with Crippen LogP contribution in [0.15, 0.2) is 24.3 Å². The molecule has 1 atom stereocenters. The monoisotopic (exact) mass is 371 g/mol. The molecule has 0 aromatic heterocycles. The van der Waals surface area contributed by atoms with Gasteiger partial charge in [0.25, 0.3) is 5.91 Å². The summed E-state index contributed by atoms with van der Waals surface area (Å²) in [6.45, 7) is 7.89. The second kappa shape index (κ2) is 9.96. The van der Waals surface area contributed by atoms with Crippen molar-refractivity contribution in [2.45, 2.75) is 52.1 Å². The van der Waals surface area contributed by atoms with Crippen LogP contribution in [0.4, 0.5) is 0 Å². The summed E-state index contributed by atoms with van der Waals surface area (Å²) in [6.07, 6.45) is 1.05. The Morgan fingerprint density at radius 3 is 2.41 bits per heavy atom. The third-order valence-electron chi connectivity index (χ3n) is 4.99. The summed E-state index contributed by atoms with van der Waals surface area (Å²) in [6, 6.07) is 9.73. The lowest BCUT2D eigenvalue weighted by Crippen LogP contribution is -2.43. The van der Waals surface area contributed by atoms with Crippen LogP contribution in [0.5, 0.6) is 5.75 Å². The van der Waals surface area contributed by atoms with Gasteiger partial charge >= 0.3 is 0 Å². The zero-order chi connectivity index (χ0) is 19.8. The van der Waals surface area contributed by atoms with Gasteiger partial charge in [0, 0.05) is 19.6 Å². The summed E-state index contributed by atoms with van der Waals surface area (Å²) in [4.78, 5) is 25.7. The first kappa shape index (κ1) is 20.8. The number of nitrogens with zero attached hydrogens (tertiary/aromatic N) is 2. The minimum Gasteiger partial charge on any atom is -0.481 e. The molecule has 1 aromatic rings. The molecule has 0 radical (unpaired) electrons. The third-order valence-corrected chi connectivity index (χ3v) is 4.99. The lowest BCUT2D eigenvalue weighted by molar-refractivity contribution is -0.132. The van der Waals surface area contributed by atoms with E-state index in [1.54, 1.807) is 11.8 Å². The number of likely N-dealkylation sites (tertiary alicyclic amines) is 1. The molecule has 1 fully saturated rings. The van der Waals surface area contributed by atoms with Crippen molar-refractivity contribution in [3.63, 3.8) is 0 Å². The minimum atomic E-state index is -0.563. The van der Waals surface area contributed by atoms with Crippen LogP contribution >= 0.6 is 0 Å². The van der Waals surface area contributed by atoms with E-state index in [1.807, 2.05) is 30.3 Å². The van der Waals surface area contributed by atoms with E-state index in [4.69, 9.17) is 10.00 Å². The Morgan fingerprint density at radius 1 is 1.22 bits per heavy atom. The van der Waals surface area contributed by atoms with E-state index < -0.39 is 6.10 Å². The molecule has 1 saturated heterocycles. The van der Waals surface area contributed by atoms with Gasteiger partial charge < -0.3 is 15.0 Å². The van der Waals surface area contributed by atoms with Crippen molar-refractivity contribution < 1.29 is 14.3 Å². The van der Waals surface area contributed by atoms with Gasteiger partial charge in [-0.2, -0.15) is 5.26 Å². The molecule has 1 heterocycles. The van der Waals surface area contributed by atoms with E-state index in [1.165, 1.54) is 5.56 Å². The molecule has 0 saturated carbocycles. The van der Waals surface area contributed by atoms with Gasteiger partial charge in [0.1, 0.15) is 12.2 Å². The molecular formula is C21H29N3O3. The molecule has 2 amide bonds. The van der Waals surface area contributed by atoms with Gasteiger partial charge in [-0.3, -0.25) is 9.59 Å². The standard InChI is InChI=1S/C21H29N3O3/c1-15(2)18-4-6-19(7-5-18)27-16(3)21(26)23-14-17-9-12-24(13-10-17)20(25)8-11-22/h4-7,15-17H,8-10,12-14H2,1-3H3,(H,23,26). The summed E-state index contributed by atoms with van der Waals surface area (Å²) in [5.41, 5.74) is 1.24. The quantitative estimate of drug-likeness (QED) is 0.799. The first-order valence-electron chi connectivity index (χ1n) is 9.59. The molecular weight excluding hydrogens is 342 g/mol. The predicted molar refractivity (Wildman–Crippen MR) is 103 cm³/mol. The van der Waals surface area contributed by atoms with Crippen molar-refractivity contribution in [2.75, 3.05) is 19.6 Å². The number of amides is 2. The highest BCUT2D eigenvalue weighted by Gasteiger charge is 2.23. The molecule has 2 rings (SSSR count). The minimum absolute atomic E-state index is 0.0611. The maximum absolute atomic E-state index is 12.3. The number of carbonyl (C=O) groups is 2. The van der Waals surface area contributed by atoms with Gasteiger partial charge in [-0.15, -0.1) is 0 Å². The van der Waals surface area contributed by atoms with Crippen molar-refractivity contribution in [3.8, 4) is 11.8 Å². The Balaban J connectivity index is 1.72. The molecule has 1 unspecified atom stereocenters. The van der Waals surface area contributed by atoms with Gasteiger partial charge in [-0.05, 0) is 49.3 Å². The Morgan fingerprint density at radius 2 is 1.85 bits per heavy atom. The van der Waals surface area contributed by atoms with E-state index in [9.17, 15) is 9.59 Å². The van der Waals surface area contributed by atoms with Crippen LogP contribution < -0.4 is 10.1 Å². The van der Waals surface area contributed by atoms with Crippen molar-refractivity contribution in [3.05, 3.63) is 29.8 Å². The SMILES string of the molecule is CC(Oc1ccc(C(C)C)cc1)C(=O)NCC1CCN(C(=O)CC#N)CC1. The van der Waals surface area contributed by atoms with Crippen molar-refractivity contribution >= 4 is 11.8 Å². The smallest absolute Gasteiger partial charge is 0.260 e. The first-order valence-corrected chi connectivity index (χ1v) is 9.59. The Bertz CT molecular complexity index is 671. The first-order chi connectivity index (χ1) is 12.9. The largest absolute Gasteiger partial charge is 0.481 e. The third kappa shape index (κ3) is 6.28. The number of hydrogen-bond donors (Lipinski definition) is 1. The number of hydrogen-bond acceptors (Lipinski definition) is 4. The lowest BCUT2D eigenvalue weighted by atomic mass is 9.96. The van der Waals surface area contributed by atoms with Gasteiger partial charge in [0.15, 0.2) is 6.10 Å². The number of nitrogens with one attached hydrogen (secondary N) is 1. The van der Waals surface area contributed by atoms with Gasteiger partial charge in [-0.1, -0.05) is 26.0 Å². The summed E-state index contributed by atoms with van der Waals surface area (Å²) in [5.74, 6) is 1.25. The van der Waals surface area contributed by atoms with Crippen molar-refractivity contribution in [1.82, 2.24) is 10.2 Å². The van der Waals surface area contributed by atoms with E-state index >= 15 is 0 Å². The van der Waals surface area contributed by atoms with E-state index in [-0.39, 0.29) is 18.2 Å². The fourth-order valence-electron chi connectivity index (χ4n) is 3.14. The van der Waals surface area contributed by atoms with Crippen LogP contribution in [0.1, 0.15) is 51.5 Å². The highest BCUT2D eigenvalue weighted by Crippen LogP contribution is 2.20. The molecule has 0 spiro atoms. The number of piperidine rings is 1. The Kier molecular flexibility index (Phi) is 7.66. The topological polar surface area (TPSA) is 82.4 Å². The van der Waals surface area contributed by atoms with Crippen LogP contribution in [0.3, 0.4) is 0 Å². The molecule has 1 N–H and O–H groups in total. The Hall–Kier alpha value is -2.55. The normalized spacial score (nSPS) is 15.9. The molecule has 1 aromatic carbocycles. The van der Waals surface area contributed by atoms with Crippen LogP contribution in [0.25, 0.3) is 0 Å². The molecule has 1 aliphatic rings. The average molecular weight is 371 g/mol. The fourth-order valence-corrected chi connectivity index (χ4v) is 3.14. The summed E-state index contributed by atoms with van der Waals surface area (Å²) >= 11 is 0. The van der Waals surface area contributed by atoms with Crippen LogP contribution in [-0.4, -0.2) is 42.5 Å². The van der Waals surface area contributed by atoms with Crippen LogP contribution in [0.2, 0.25) is 0 Å². The molecule has 0 bridgehead atoms. The zero-order valence-corrected chi connectivity index (χ0v) is 16.4. The second-order valence-electron chi connectivity index (χ2n) is 7.39. The average Bonchev–Trinajstić information content (AvgIpc) is 2.67. The summed E-state index contributed by atoms with van der Waals surface area (Å²) in [5, 5.41) is 11.6. The summed E-state index contributed by atoms with van der Waals surface area (Å²) < 4.78 is 5.73. The van der Waals surface area contributed by atoms with Crippen LogP contribution in [-0.2, 0) is 9.59 Å². The Labute approximate surface area is 161 Å². The number of ether oxygens (including phenoxy) is 1. The maximum atomic E-state index is 12.3. The maximum Gasteiger partial charge on any atom is 0.260 e. The van der Waals surface area contributed by atoms with Gasteiger partial charge in [0.05, 0.1) is 6.07 Å². The predicted octanol–water partition coefficient (Wildman–Crippen LogP) is 2.85. The highest BCUT2D eigenvalue weighted by molar-refractivity contribution is 5.80. The molecule has 0 aliphatic carbocycles. The molecule has 6 heteroatoms. The van der Waals surface area contributed by atoms with Crippen molar-refractivity contribution in [1.29, 1.82) is 5.26 Å². The molecule has 146 valence electrons. The van der Waals surface area contributed by atoms with E-state index in [0.29, 0.717) is 37.2 Å². The van der Waals surface area contributed by atoms with E-state index in [2.05, 4.69) is 19.2 Å². The lowest BCUT2D eigenvalue weighted by Gasteiger charge is -2.31. The molecule has 27 heavy (non-hydrogen) atoms. The highest BCUT2D eigenvalue weighted by atomic mass is 16.5. The van der Waals surface area contributed by atoms with Crippen molar-refractivity contribution in [2.24, 2.45) is 5.92 Å². The summed E-state index contributed by atoms with van der Waals surface area (Å²) in [7, 11) is 0. The zero-order valence-electron chi connectivity index (χ0n) is 16.4. The van der Waals surface area contributed by atoms with Gasteiger partial charge in [0.2, 0.25) is 5.91 Å². The number of benzene rings is 1. The van der Waals surface area contributed by atoms with Gasteiger partial charge in [-0.25, -0.2) is 0 Å².